The van der Waals surface area contributed by atoms with Gasteiger partial charge in [0.25, 0.3) is 0 Å². The fourth-order valence-electron chi connectivity index (χ4n) is 1.98. The summed E-state index contributed by atoms with van der Waals surface area (Å²) in [5.74, 6) is 0.145. The van der Waals surface area contributed by atoms with Crippen molar-refractivity contribution in [3.63, 3.8) is 0 Å². The van der Waals surface area contributed by atoms with Gasteiger partial charge in [0.05, 0.1) is 10.6 Å². The van der Waals surface area contributed by atoms with E-state index in [2.05, 4.69) is 0 Å². The Morgan fingerprint density at radius 2 is 1.69 bits per heavy atom. The third-order valence-corrected chi connectivity index (χ3v) is 4.54. The van der Waals surface area contributed by atoms with E-state index < -0.39 is 9.84 Å². The molecule has 3 heteroatoms. The molecule has 2 nitrogen and oxygen atoms in total. The first-order valence-corrected chi connectivity index (χ1v) is 7.29. The van der Waals surface area contributed by atoms with Gasteiger partial charge in [0.2, 0.25) is 0 Å². The van der Waals surface area contributed by atoms with Crippen LogP contribution in [0.25, 0.3) is 0 Å². The Morgan fingerprint density at radius 3 is 2.31 bits per heavy atom. The summed E-state index contributed by atoms with van der Waals surface area (Å²) in [4.78, 5) is 0.421. The summed E-state index contributed by atoms with van der Waals surface area (Å²) >= 11 is 0. The standard InChI is InChI=1S/C13H16O2S/c14-16(15,13-8-2-1-3-9-13)11-10-12-6-4-5-7-12/h1-3,8-10H,4-7,11H2. The van der Waals surface area contributed by atoms with Gasteiger partial charge in [-0.2, -0.15) is 0 Å². The molecule has 0 atom stereocenters. The van der Waals surface area contributed by atoms with Crippen LogP contribution in [0.5, 0.6) is 0 Å². The smallest absolute Gasteiger partial charge is 0.181 e. The van der Waals surface area contributed by atoms with Gasteiger partial charge in [-0.15, -0.1) is 0 Å². The van der Waals surface area contributed by atoms with Crippen LogP contribution in [0.2, 0.25) is 0 Å². The molecule has 1 aromatic rings. The first-order chi connectivity index (χ1) is 7.68. The van der Waals surface area contributed by atoms with Crippen molar-refractivity contribution in [3.05, 3.63) is 42.0 Å². The van der Waals surface area contributed by atoms with Gasteiger partial charge in [-0.1, -0.05) is 29.8 Å². The number of rotatable bonds is 3. The van der Waals surface area contributed by atoms with Crippen molar-refractivity contribution in [2.45, 2.75) is 30.6 Å². The maximum Gasteiger partial charge on any atom is 0.181 e. The molecule has 0 aliphatic heterocycles. The minimum Gasteiger partial charge on any atom is -0.223 e. The lowest BCUT2D eigenvalue weighted by atomic mass is 10.2. The van der Waals surface area contributed by atoms with Gasteiger partial charge in [-0.25, -0.2) is 8.42 Å². The minimum atomic E-state index is -3.12. The topological polar surface area (TPSA) is 34.1 Å². The monoisotopic (exact) mass is 236 g/mol. The molecular weight excluding hydrogens is 220 g/mol. The molecule has 0 bridgehead atoms. The molecule has 16 heavy (non-hydrogen) atoms. The van der Waals surface area contributed by atoms with E-state index in [0.717, 1.165) is 12.8 Å². The predicted molar refractivity (Wildman–Crippen MR) is 65.0 cm³/mol. The lowest BCUT2D eigenvalue weighted by Crippen LogP contribution is -2.04. The lowest BCUT2D eigenvalue weighted by Gasteiger charge is -2.01. The zero-order chi connectivity index (χ0) is 11.4. The van der Waals surface area contributed by atoms with Gasteiger partial charge in [0.15, 0.2) is 9.84 Å². The Balaban J connectivity index is 2.12. The molecule has 2 rings (SSSR count). The molecule has 0 amide bonds. The van der Waals surface area contributed by atoms with Crippen LogP contribution in [-0.2, 0) is 9.84 Å². The SMILES string of the molecule is O=S(=O)(CC=C1CCCC1)c1ccccc1. The zero-order valence-corrected chi connectivity index (χ0v) is 10.0. The molecule has 0 radical (unpaired) electrons. The molecule has 0 spiro atoms. The van der Waals surface area contributed by atoms with E-state index in [0.29, 0.717) is 4.90 Å². The lowest BCUT2D eigenvalue weighted by molar-refractivity contribution is 0.599. The largest absolute Gasteiger partial charge is 0.223 e. The molecule has 0 heterocycles. The Labute approximate surface area is 96.9 Å². The second kappa shape index (κ2) is 4.83. The zero-order valence-electron chi connectivity index (χ0n) is 9.22. The van der Waals surface area contributed by atoms with Crippen LogP contribution in [0.15, 0.2) is 46.9 Å². The van der Waals surface area contributed by atoms with Gasteiger partial charge in [-0.3, -0.25) is 0 Å². The number of allylic oxidation sites excluding steroid dienone is 1. The third kappa shape index (κ3) is 2.73. The van der Waals surface area contributed by atoms with Crippen LogP contribution in [0.3, 0.4) is 0 Å². The normalized spacial score (nSPS) is 16.4. The van der Waals surface area contributed by atoms with Crippen LogP contribution in [0.4, 0.5) is 0 Å². The van der Waals surface area contributed by atoms with Crippen molar-refractivity contribution in [2.75, 3.05) is 5.75 Å². The summed E-state index contributed by atoms with van der Waals surface area (Å²) in [6.07, 6.45) is 6.46. The number of sulfone groups is 1. The third-order valence-electron chi connectivity index (χ3n) is 2.94. The molecule has 1 aliphatic carbocycles. The summed E-state index contributed by atoms with van der Waals surface area (Å²) in [6, 6.07) is 8.66. The van der Waals surface area contributed by atoms with E-state index in [-0.39, 0.29) is 5.75 Å². The Bertz CT molecular complexity index is 464. The number of benzene rings is 1. The maximum atomic E-state index is 11.9. The van der Waals surface area contributed by atoms with Crippen LogP contribution < -0.4 is 0 Å². The van der Waals surface area contributed by atoms with E-state index in [1.165, 1.54) is 18.4 Å². The van der Waals surface area contributed by atoms with Crippen molar-refractivity contribution >= 4 is 9.84 Å². The summed E-state index contributed by atoms with van der Waals surface area (Å²) in [5, 5.41) is 0. The molecule has 0 saturated heterocycles. The van der Waals surface area contributed by atoms with Crippen molar-refractivity contribution in [3.8, 4) is 0 Å². The molecule has 1 aliphatic rings. The molecule has 1 saturated carbocycles. The van der Waals surface area contributed by atoms with E-state index in [4.69, 9.17) is 0 Å². The van der Waals surface area contributed by atoms with Crippen LogP contribution in [-0.4, -0.2) is 14.2 Å². The van der Waals surface area contributed by atoms with Gasteiger partial charge >= 0.3 is 0 Å². The van der Waals surface area contributed by atoms with Crippen LogP contribution in [0, 0.1) is 0 Å². The van der Waals surface area contributed by atoms with Gasteiger partial charge < -0.3 is 0 Å². The summed E-state index contributed by atoms with van der Waals surface area (Å²) < 4.78 is 23.9. The quantitative estimate of drug-likeness (QED) is 0.756. The van der Waals surface area contributed by atoms with E-state index in [1.807, 2.05) is 12.1 Å². The molecule has 0 aromatic heterocycles. The maximum absolute atomic E-state index is 11.9. The average molecular weight is 236 g/mol. The predicted octanol–water partition coefficient (Wildman–Crippen LogP) is 2.96. The number of hydrogen-bond donors (Lipinski definition) is 0. The van der Waals surface area contributed by atoms with Gasteiger partial charge in [0, 0.05) is 0 Å². The van der Waals surface area contributed by atoms with Crippen molar-refractivity contribution < 1.29 is 8.42 Å². The molecule has 1 aromatic carbocycles. The molecule has 1 fully saturated rings. The highest BCUT2D eigenvalue weighted by Crippen LogP contribution is 2.24. The van der Waals surface area contributed by atoms with E-state index >= 15 is 0 Å². The minimum absolute atomic E-state index is 0.145. The second-order valence-electron chi connectivity index (χ2n) is 4.16. The molecular formula is C13H16O2S. The van der Waals surface area contributed by atoms with Crippen molar-refractivity contribution in [2.24, 2.45) is 0 Å². The fraction of sp³-hybridized carbons (Fsp3) is 0.385. The van der Waals surface area contributed by atoms with Gasteiger partial charge in [-0.05, 0) is 37.8 Å². The highest BCUT2D eigenvalue weighted by atomic mass is 32.2. The van der Waals surface area contributed by atoms with Gasteiger partial charge in [0.1, 0.15) is 0 Å². The van der Waals surface area contributed by atoms with Crippen molar-refractivity contribution in [1.29, 1.82) is 0 Å². The second-order valence-corrected chi connectivity index (χ2v) is 6.20. The highest BCUT2D eigenvalue weighted by molar-refractivity contribution is 7.91. The van der Waals surface area contributed by atoms with Crippen LogP contribution >= 0.6 is 0 Å². The summed E-state index contributed by atoms with van der Waals surface area (Å²) in [5.41, 5.74) is 1.31. The van der Waals surface area contributed by atoms with E-state index in [1.54, 1.807) is 24.3 Å². The molecule has 86 valence electrons. The highest BCUT2D eigenvalue weighted by Gasteiger charge is 2.13. The molecule has 0 unspecified atom stereocenters. The first-order valence-electron chi connectivity index (χ1n) is 5.64. The van der Waals surface area contributed by atoms with Crippen LogP contribution in [0.1, 0.15) is 25.7 Å². The Kier molecular flexibility index (Phi) is 3.44. The fourth-order valence-corrected chi connectivity index (χ4v) is 3.20. The first kappa shape index (κ1) is 11.4. The van der Waals surface area contributed by atoms with E-state index in [9.17, 15) is 8.42 Å². The summed E-state index contributed by atoms with van der Waals surface area (Å²) in [7, 11) is -3.12. The molecule has 0 N–H and O–H groups in total. The Morgan fingerprint density at radius 1 is 1.06 bits per heavy atom. The Hall–Kier alpha value is -1.09. The van der Waals surface area contributed by atoms with Crippen molar-refractivity contribution in [1.82, 2.24) is 0 Å². The number of hydrogen-bond acceptors (Lipinski definition) is 2. The summed E-state index contributed by atoms with van der Waals surface area (Å²) in [6.45, 7) is 0. The average Bonchev–Trinajstić information content (AvgIpc) is 2.81.